The van der Waals surface area contributed by atoms with Crippen LogP contribution in [0, 0.1) is 5.92 Å². The van der Waals surface area contributed by atoms with Crippen molar-refractivity contribution in [3.05, 3.63) is 48.2 Å². The van der Waals surface area contributed by atoms with Gasteiger partial charge in [-0.15, -0.1) is 0 Å². The summed E-state index contributed by atoms with van der Waals surface area (Å²) in [6.45, 7) is 5.07. The molecule has 1 saturated heterocycles. The SMILES string of the molecule is CC(C)[C@H]1COCN1c1ccnc(NC(c2ccccc2)C(F)(F)F)n1. The van der Waals surface area contributed by atoms with E-state index in [1.54, 1.807) is 24.3 Å². The highest BCUT2D eigenvalue weighted by Crippen LogP contribution is 2.35. The van der Waals surface area contributed by atoms with Gasteiger partial charge in [-0.1, -0.05) is 44.2 Å². The molecule has 3 rings (SSSR count). The second kappa shape index (κ2) is 7.49. The van der Waals surface area contributed by atoms with Gasteiger partial charge in [-0.25, -0.2) is 4.98 Å². The molecular formula is C18H21F3N4O. The van der Waals surface area contributed by atoms with Gasteiger partial charge in [0.15, 0.2) is 6.04 Å². The minimum absolute atomic E-state index is 0.0666. The van der Waals surface area contributed by atoms with Crippen LogP contribution in [-0.4, -0.2) is 35.5 Å². The fourth-order valence-electron chi connectivity index (χ4n) is 2.95. The molecule has 1 aliphatic rings. The van der Waals surface area contributed by atoms with Gasteiger partial charge in [-0.05, 0) is 17.5 Å². The molecule has 1 aromatic carbocycles. The summed E-state index contributed by atoms with van der Waals surface area (Å²) >= 11 is 0. The smallest absolute Gasteiger partial charge is 0.359 e. The Labute approximate surface area is 150 Å². The molecule has 2 aromatic rings. The van der Waals surface area contributed by atoms with Crippen molar-refractivity contribution in [1.82, 2.24) is 9.97 Å². The number of hydrogen-bond donors (Lipinski definition) is 1. The number of aromatic nitrogens is 2. The summed E-state index contributed by atoms with van der Waals surface area (Å²) in [5.41, 5.74) is 0.110. The number of nitrogens with one attached hydrogen (secondary N) is 1. The number of alkyl halides is 3. The third-order valence-electron chi connectivity index (χ3n) is 4.36. The first-order valence-electron chi connectivity index (χ1n) is 8.42. The summed E-state index contributed by atoms with van der Waals surface area (Å²) in [5.74, 6) is 0.812. The Morgan fingerprint density at radius 1 is 1.19 bits per heavy atom. The van der Waals surface area contributed by atoms with Gasteiger partial charge in [0, 0.05) is 6.20 Å². The van der Waals surface area contributed by atoms with Gasteiger partial charge >= 0.3 is 6.18 Å². The van der Waals surface area contributed by atoms with Crippen molar-refractivity contribution in [2.75, 3.05) is 23.6 Å². The molecule has 2 atom stereocenters. The molecule has 0 bridgehead atoms. The number of hydrogen-bond acceptors (Lipinski definition) is 5. The second-order valence-electron chi connectivity index (χ2n) is 6.55. The largest absolute Gasteiger partial charge is 0.412 e. The molecule has 0 spiro atoms. The summed E-state index contributed by atoms with van der Waals surface area (Å²) in [6.07, 6.45) is -3.02. The molecule has 1 aliphatic heterocycles. The van der Waals surface area contributed by atoms with Gasteiger partial charge in [0.2, 0.25) is 5.95 Å². The van der Waals surface area contributed by atoms with Gasteiger partial charge in [0.1, 0.15) is 12.5 Å². The maximum atomic E-state index is 13.5. The second-order valence-corrected chi connectivity index (χ2v) is 6.55. The van der Waals surface area contributed by atoms with Gasteiger partial charge in [-0.2, -0.15) is 18.2 Å². The highest BCUT2D eigenvalue weighted by molar-refractivity contribution is 5.45. The van der Waals surface area contributed by atoms with Gasteiger partial charge in [0.25, 0.3) is 0 Å². The predicted molar refractivity (Wildman–Crippen MR) is 92.8 cm³/mol. The molecular weight excluding hydrogens is 345 g/mol. The average molecular weight is 366 g/mol. The van der Waals surface area contributed by atoms with Crippen LogP contribution in [0.3, 0.4) is 0 Å². The molecule has 1 aromatic heterocycles. The Hall–Kier alpha value is -2.35. The van der Waals surface area contributed by atoms with Crippen LogP contribution >= 0.6 is 0 Å². The topological polar surface area (TPSA) is 50.3 Å². The third kappa shape index (κ3) is 4.07. The third-order valence-corrected chi connectivity index (χ3v) is 4.36. The molecule has 0 saturated carbocycles. The van der Waals surface area contributed by atoms with Crippen LogP contribution in [0.15, 0.2) is 42.6 Å². The van der Waals surface area contributed by atoms with Gasteiger partial charge in [-0.3, -0.25) is 0 Å². The molecule has 1 fully saturated rings. The first-order chi connectivity index (χ1) is 12.4. The molecule has 1 unspecified atom stereocenters. The summed E-state index contributed by atoms with van der Waals surface area (Å²) in [7, 11) is 0. The zero-order valence-electron chi connectivity index (χ0n) is 14.6. The van der Waals surface area contributed by atoms with E-state index in [1.807, 2.05) is 4.90 Å². The number of halogens is 3. The van der Waals surface area contributed by atoms with Gasteiger partial charge < -0.3 is 15.0 Å². The standard InChI is InChI=1S/C18H21F3N4O/c1-12(2)14-10-26-11-25(14)15-8-9-22-17(23-15)24-16(18(19,20)21)13-6-4-3-5-7-13/h3-9,12,14,16H,10-11H2,1-2H3,(H,22,23,24)/t14-,16?/m1/s1. The van der Waals surface area contributed by atoms with Crippen LogP contribution in [0.25, 0.3) is 0 Å². The summed E-state index contributed by atoms with van der Waals surface area (Å²) in [5, 5.41) is 2.43. The molecule has 0 aliphatic carbocycles. The number of benzene rings is 1. The molecule has 26 heavy (non-hydrogen) atoms. The number of ether oxygens (including phenoxy) is 1. The minimum Gasteiger partial charge on any atom is -0.359 e. The number of anilines is 2. The van der Waals surface area contributed by atoms with E-state index in [0.29, 0.717) is 25.1 Å². The Kier molecular flexibility index (Phi) is 5.31. The lowest BCUT2D eigenvalue weighted by atomic mass is 10.0. The van der Waals surface area contributed by atoms with Crippen LogP contribution in [0.4, 0.5) is 24.9 Å². The lowest BCUT2D eigenvalue weighted by Gasteiger charge is -2.27. The summed E-state index contributed by atoms with van der Waals surface area (Å²) in [4.78, 5) is 10.2. The predicted octanol–water partition coefficient (Wildman–Crippen LogP) is 4.01. The summed E-state index contributed by atoms with van der Waals surface area (Å²) in [6, 6.07) is 7.60. The Morgan fingerprint density at radius 2 is 1.92 bits per heavy atom. The van der Waals surface area contributed by atoms with Crippen molar-refractivity contribution < 1.29 is 17.9 Å². The molecule has 5 nitrogen and oxygen atoms in total. The van der Waals surface area contributed by atoms with E-state index in [1.165, 1.54) is 18.3 Å². The maximum absolute atomic E-state index is 13.5. The van der Waals surface area contributed by atoms with Crippen LogP contribution in [0.1, 0.15) is 25.5 Å². The number of nitrogens with zero attached hydrogens (tertiary/aromatic N) is 3. The van der Waals surface area contributed by atoms with Crippen molar-refractivity contribution in [2.45, 2.75) is 32.1 Å². The van der Waals surface area contributed by atoms with E-state index in [0.717, 1.165) is 0 Å². The molecule has 1 N–H and O–H groups in total. The van der Waals surface area contributed by atoms with E-state index < -0.39 is 12.2 Å². The van der Waals surface area contributed by atoms with Crippen molar-refractivity contribution in [1.29, 1.82) is 0 Å². The van der Waals surface area contributed by atoms with Crippen molar-refractivity contribution >= 4 is 11.8 Å². The Balaban J connectivity index is 1.85. The zero-order valence-corrected chi connectivity index (χ0v) is 14.6. The van der Waals surface area contributed by atoms with Crippen molar-refractivity contribution in [3.63, 3.8) is 0 Å². The van der Waals surface area contributed by atoms with Crippen molar-refractivity contribution in [3.8, 4) is 0 Å². The van der Waals surface area contributed by atoms with Crippen LogP contribution in [0.2, 0.25) is 0 Å². The average Bonchev–Trinajstić information content (AvgIpc) is 3.10. The highest BCUT2D eigenvalue weighted by Gasteiger charge is 2.41. The fourth-order valence-corrected chi connectivity index (χ4v) is 2.95. The molecule has 0 amide bonds. The van der Waals surface area contributed by atoms with Crippen molar-refractivity contribution in [2.24, 2.45) is 5.92 Å². The first kappa shape index (κ1) is 18.4. The lowest BCUT2D eigenvalue weighted by Crippen LogP contribution is -2.36. The molecule has 2 heterocycles. The molecule has 0 radical (unpaired) electrons. The summed E-state index contributed by atoms with van der Waals surface area (Å²) < 4.78 is 46.0. The quantitative estimate of drug-likeness (QED) is 0.866. The minimum atomic E-state index is -4.47. The Bertz CT molecular complexity index is 724. The lowest BCUT2D eigenvalue weighted by molar-refractivity contribution is -0.144. The fraction of sp³-hybridized carbons (Fsp3) is 0.444. The van der Waals surface area contributed by atoms with E-state index in [-0.39, 0.29) is 17.6 Å². The highest BCUT2D eigenvalue weighted by atomic mass is 19.4. The van der Waals surface area contributed by atoms with Crippen LogP contribution in [-0.2, 0) is 4.74 Å². The Morgan fingerprint density at radius 3 is 2.58 bits per heavy atom. The first-order valence-corrected chi connectivity index (χ1v) is 8.42. The van der Waals surface area contributed by atoms with E-state index in [9.17, 15) is 13.2 Å². The molecule has 8 heteroatoms. The van der Waals surface area contributed by atoms with Gasteiger partial charge in [0.05, 0.1) is 12.6 Å². The van der Waals surface area contributed by atoms with E-state index in [4.69, 9.17) is 4.74 Å². The van der Waals surface area contributed by atoms with Crippen LogP contribution in [0.5, 0.6) is 0 Å². The van der Waals surface area contributed by atoms with E-state index >= 15 is 0 Å². The monoisotopic (exact) mass is 366 g/mol. The maximum Gasteiger partial charge on any atom is 0.412 e. The van der Waals surface area contributed by atoms with E-state index in [2.05, 4.69) is 29.1 Å². The van der Waals surface area contributed by atoms with Crippen LogP contribution < -0.4 is 10.2 Å². The zero-order chi connectivity index (χ0) is 18.7. The number of rotatable bonds is 5. The molecule has 140 valence electrons. The normalized spacial score (nSPS) is 19.0.